The van der Waals surface area contributed by atoms with Gasteiger partial charge in [-0.15, -0.1) is 0 Å². The van der Waals surface area contributed by atoms with Crippen molar-refractivity contribution < 1.29 is 23.8 Å². The Morgan fingerprint density at radius 3 is 2.22 bits per heavy atom. The first-order valence-electron chi connectivity index (χ1n) is 9.81. The molecule has 0 N–H and O–H groups in total. The van der Waals surface area contributed by atoms with Gasteiger partial charge in [0.05, 0.1) is 7.11 Å². The van der Waals surface area contributed by atoms with Crippen LogP contribution in [0.5, 0.6) is 11.5 Å². The molecule has 0 saturated heterocycles. The number of hydrogen-bond acceptors (Lipinski definition) is 5. The molecular weight excluding hydrogens is 344 g/mol. The van der Waals surface area contributed by atoms with Crippen LogP contribution in [0.3, 0.4) is 0 Å². The summed E-state index contributed by atoms with van der Waals surface area (Å²) in [6.45, 7) is 4.43. The number of ether oxygens (including phenoxy) is 3. The number of benzene rings is 1. The molecule has 0 aromatic heterocycles. The van der Waals surface area contributed by atoms with Gasteiger partial charge in [0.25, 0.3) is 0 Å². The number of hydrogen-bond donors (Lipinski definition) is 0. The second-order valence-corrected chi connectivity index (χ2v) is 6.38. The van der Waals surface area contributed by atoms with Crippen molar-refractivity contribution >= 4 is 18.0 Å². The molecule has 150 valence electrons. The molecule has 0 amide bonds. The molecule has 27 heavy (non-hydrogen) atoms. The van der Waals surface area contributed by atoms with Gasteiger partial charge in [-0.25, -0.2) is 0 Å². The minimum absolute atomic E-state index is 0.170. The van der Waals surface area contributed by atoms with Crippen molar-refractivity contribution in [2.75, 3.05) is 13.7 Å². The highest BCUT2D eigenvalue weighted by atomic mass is 16.6. The predicted octanol–water partition coefficient (Wildman–Crippen LogP) is 5.32. The summed E-state index contributed by atoms with van der Waals surface area (Å²) in [5.41, 5.74) is 0.875. The maximum Gasteiger partial charge on any atom is 0.311 e. The Hall–Kier alpha value is -2.30. The van der Waals surface area contributed by atoms with E-state index in [2.05, 4.69) is 13.8 Å². The van der Waals surface area contributed by atoms with E-state index in [1.54, 1.807) is 18.2 Å². The first-order chi connectivity index (χ1) is 13.1. The molecule has 0 saturated carbocycles. The van der Waals surface area contributed by atoms with Crippen molar-refractivity contribution in [1.29, 1.82) is 0 Å². The van der Waals surface area contributed by atoms with Gasteiger partial charge in [0, 0.05) is 12.8 Å². The number of methoxy groups -OCH3 is 1. The van der Waals surface area contributed by atoms with E-state index in [-0.39, 0.29) is 18.5 Å². The molecule has 0 spiro atoms. The zero-order valence-electron chi connectivity index (χ0n) is 16.8. The van der Waals surface area contributed by atoms with E-state index in [0.717, 1.165) is 44.1 Å². The molecule has 0 aliphatic heterocycles. The standard InChI is InChI=1S/C22H32O5/c1-4-6-8-12-21(23)26-16-10-11-18-14-15-19(20(17-18)25-3)27-22(24)13-9-7-5-2/h10-11,14-15,17H,4-9,12-13,16H2,1-3H3/b11-10+. The first-order valence-corrected chi connectivity index (χ1v) is 9.81. The number of rotatable bonds is 13. The van der Waals surface area contributed by atoms with Crippen LogP contribution in [0, 0.1) is 0 Å². The largest absolute Gasteiger partial charge is 0.493 e. The molecule has 5 heteroatoms. The fourth-order valence-electron chi connectivity index (χ4n) is 2.48. The minimum Gasteiger partial charge on any atom is -0.493 e. The smallest absolute Gasteiger partial charge is 0.311 e. The minimum atomic E-state index is -0.250. The van der Waals surface area contributed by atoms with Crippen molar-refractivity contribution in [2.45, 2.75) is 65.2 Å². The van der Waals surface area contributed by atoms with Crippen LogP contribution in [0.1, 0.15) is 70.8 Å². The average Bonchev–Trinajstić information content (AvgIpc) is 2.66. The van der Waals surface area contributed by atoms with Gasteiger partial charge in [-0.1, -0.05) is 51.7 Å². The lowest BCUT2D eigenvalue weighted by atomic mass is 10.2. The molecule has 0 heterocycles. The Bertz CT molecular complexity index is 607. The molecule has 1 aromatic carbocycles. The number of esters is 2. The van der Waals surface area contributed by atoms with E-state index in [0.29, 0.717) is 24.3 Å². The Morgan fingerprint density at radius 1 is 0.926 bits per heavy atom. The van der Waals surface area contributed by atoms with E-state index < -0.39 is 0 Å². The highest BCUT2D eigenvalue weighted by Gasteiger charge is 2.10. The maximum absolute atomic E-state index is 11.9. The van der Waals surface area contributed by atoms with E-state index >= 15 is 0 Å². The summed E-state index contributed by atoms with van der Waals surface area (Å²) in [7, 11) is 1.54. The lowest BCUT2D eigenvalue weighted by Gasteiger charge is -2.10. The summed E-state index contributed by atoms with van der Waals surface area (Å²) in [4.78, 5) is 23.4. The third-order valence-electron chi connectivity index (χ3n) is 4.03. The van der Waals surface area contributed by atoms with Crippen molar-refractivity contribution in [3.8, 4) is 11.5 Å². The average molecular weight is 376 g/mol. The molecular formula is C22H32O5. The molecule has 0 aliphatic rings. The third kappa shape index (κ3) is 9.83. The molecule has 0 radical (unpaired) electrons. The van der Waals surface area contributed by atoms with Gasteiger partial charge >= 0.3 is 11.9 Å². The van der Waals surface area contributed by atoms with Crippen LogP contribution in [0.25, 0.3) is 6.08 Å². The number of unbranched alkanes of at least 4 members (excludes halogenated alkanes) is 4. The van der Waals surface area contributed by atoms with Crippen LogP contribution in [0.4, 0.5) is 0 Å². The zero-order valence-corrected chi connectivity index (χ0v) is 16.8. The normalized spacial score (nSPS) is 10.8. The predicted molar refractivity (Wildman–Crippen MR) is 107 cm³/mol. The second kappa shape index (κ2) is 13.8. The van der Waals surface area contributed by atoms with Gasteiger partial charge in [-0.05, 0) is 36.6 Å². The van der Waals surface area contributed by atoms with Crippen LogP contribution in [-0.2, 0) is 14.3 Å². The molecule has 1 rings (SSSR count). The number of carbonyl (C=O) groups is 2. The van der Waals surface area contributed by atoms with Gasteiger partial charge in [-0.3, -0.25) is 9.59 Å². The Balaban J connectivity index is 2.51. The maximum atomic E-state index is 11.9. The first kappa shape index (κ1) is 22.7. The Morgan fingerprint density at radius 2 is 1.59 bits per heavy atom. The van der Waals surface area contributed by atoms with Crippen LogP contribution in [-0.4, -0.2) is 25.7 Å². The zero-order chi connectivity index (χ0) is 19.9. The van der Waals surface area contributed by atoms with E-state index in [1.807, 2.05) is 12.1 Å². The van der Waals surface area contributed by atoms with Crippen LogP contribution >= 0.6 is 0 Å². The van der Waals surface area contributed by atoms with Gasteiger partial charge in [0.2, 0.25) is 0 Å². The SMILES string of the molecule is CCCCCC(=O)OC/C=C/c1ccc(OC(=O)CCCCC)c(OC)c1. The molecule has 0 unspecified atom stereocenters. The van der Waals surface area contributed by atoms with Gasteiger partial charge in [-0.2, -0.15) is 0 Å². The van der Waals surface area contributed by atoms with Crippen LogP contribution in [0.15, 0.2) is 24.3 Å². The van der Waals surface area contributed by atoms with Crippen molar-refractivity contribution in [1.82, 2.24) is 0 Å². The second-order valence-electron chi connectivity index (χ2n) is 6.38. The van der Waals surface area contributed by atoms with Crippen molar-refractivity contribution in [2.24, 2.45) is 0 Å². The van der Waals surface area contributed by atoms with E-state index in [4.69, 9.17) is 14.2 Å². The van der Waals surface area contributed by atoms with Gasteiger partial charge < -0.3 is 14.2 Å². The summed E-state index contributed by atoms with van der Waals surface area (Å²) in [6.07, 6.45) is 10.4. The molecule has 0 fully saturated rings. The van der Waals surface area contributed by atoms with Crippen molar-refractivity contribution in [3.63, 3.8) is 0 Å². The Kier molecular flexibility index (Phi) is 11.7. The van der Waals surface area contributed by atoms with Crippen molar-refractivity contribution in [3.05, 3.63) is 29.8 Å². The van der Waals surface area contributed by atoms with Gasteiger partial charge in [0.1, 0.15) is 6.61 Å². The summed E-state index contributed by atoms with van der Waals surface area (Å²) in [5.74, 6) is 0.493. The summed E-state index contributed by atoms with van der Waals surface area (Å²) in [5, 5.41) is 0. The molecule has 0 atom stereocenters. The fraction of sp³-hybridized carbons (Fsp3) is 0.545. The molecule has 0 bridgehead atoms. The summed E-state index contributed by atoms with van der Waals surface area (Å²) < 4.78 is 15.9. The van der Waals surface area contributed by atoms with Crippen LogP contribution in [0.2, 0.25) is 0 Å². The quantitative estimate of drug-likeness (QED) is 0.265. The fourth-order valence-corrected chi connectivity index (χ4v) is 2.48. The summed E-state index contributed by atoms with van der Waals surface area (Å²) >= 11 is 0. The molecule has 1 aromatic rings. The number of carbonyl (C=O) groups excluding carboxylic acids is 2. The lowest BCUT2D eigenvalue weighted by Crippen LogP contribution is -2.08. The summed E-state index contributed by atoms with van der Waals surface area (Å²) in [6, 6.07) is 5.33. The van der Waals surface area contributed by atoms with E-state index in [1.165, 1.54) is 7.11 Å². The highest BCUT2D eigenvalue weighted by molar-refractivity contribution is 5.73. The monoisotopic (exact) mass is 376 g/mol. The highest BCUT2D eigenvalue weighted by Crippen LogP contribution is 2.29. The Labute approximate surface area is 162 Å². The third-order valence-corrected chi connectivity index (χ3v) is 4.03. The van der Waals surface area contributed by atoms with E-state index in [9.17, 15) is 9.59 Å². The van der Waals surface area contributed by atoms with Crippen LogP contribution < -0.4 is 9.47 Å². The molecule has 5 nitrogen and oxygen atoms in total. The lowest BCUT2D eigenvalue weighted by molar-refractivity contribution is -0.142. The van der Waals surface area contributed by atoms with Gasteiger partial charge in [0.15, 0.2) is 11.5 Å². The molecule has 0 aliphatic carbocycles. The topological polar surface area (TPSA) is 61.8 Å².